The standard InChI is InChI=1S/C24H11Cl2F5O5/c1-9-4-11(35-16(32)8-34-24-21(30)19(28)18(27)20(29)22(24)31)7-14-17(9)23(33)15(36-14)6-10-2-3-12(25)13(26)5-10/h2-7H,8H2,1H3/b15-6-. The molecule has 3 aromatic rings. The summed E-state index contributed by atoms with van der Waals surface area (Å²) in [5.41, 5.74) is 1.12. The third-order valence-electron chi connectivity index (χ3n) is 4.92. The number of hydrogen-bond donors (Lipinski definition) is 0. The van der Waals surface area contributed by atoms with Crippen molar-refractivity contribution in [3.8, 4) is 17.2 Å². The van der Waals surface area contributed by atoms with Crippen LogP contribution in [0, 0.1) is 36.0 Å². The van der Waals surface area contributed by atoms with E-state index < -0.39 is 53.2 Å². The van der Waals surface area contributed by atoms with Gasteiger partial charge in [-0.25, -0.2) is 18.0 Å². The third-order valence-corrected chi connectivity index (χ3v) is 5.66. The lowest BCUT2D eigenvalue weighted by Crippen LogP contribution is -2.19. The van der Waals surface area contributed by atoms with Crippen LogP contribution in [0.4, 0.5) is 22.0 Å². The van der Waals surface area contributed by atoms with E-state index in [4.69, 9.17) is 32.7 Å². The largest absolute Gasteiger partial charge is 0.476 e. The van der Waals surface area contributed by atoms with E-state index in [1.165, 1.54) is 24.3 Å². The number of ketones is 1. The second kappa shape index (κ2) is 9.79. The summed E-state index contributed by atoms with van der Waals surface area (Å²) >= 11 is 11.9. The monoisotopic (exact) mass is 544 g/mol. The highest BCUT2D eigenvalue weighted by Crippen LogP contribution is 2.38. The fourth-order valence-electron chi connectivity index (χ4n) is 3.29. The summed E-state index contributed by atoms with van der Waals surface area (Å²) in [4.78, 5) is 24.9. The lowest BCUT2D eigenvalue weighted by atomic mass is 10.0. The number of fused-ring (bicyclic) bond motifs is 1. The van der Waals surface area contributed by atoms with Gasteiger partial charge in [0.15, 0.2) is 18.1 Å². The Kier molecular flexibility index (Phi) is 6.92. The molecule has 36 heavy (non-hydrogen) atoms. The molecular formula is C24H11Cl2F5O5. The van der Waals surface area contributed by atoms with Gasteiger partial charge in [0, 0.05) is 6.07 Å². The number of rotatable bonds is 5. The van der Waals surface area contributed by atoms with E-state index in [1.54, 1.807) is 19.1 Å². The molecule has 0 saturated carbocycles. The normalized spacial score (nSPS) is 13.6. The average Bonchev–Trinajstić information content (AvgIpc) is 3.14. The minimum absolute atomic E-state index is 0.0374. The number of Topliss-reactive ketones (excluding diaryl/α,β-unsaturated/α-hetero) is 1. The van der Waals surface area contributed by atoms with E-state index >= 15 is 0 Å². The number of allylic oxidation sites excluding steroid dienone is 1. The predicted molar refractivity (Wildman–Crippen MR) is 118 cm³/mol. The zero-order chi connectivity index (χ0) is 26.3. The number of benzene rings is 3. The van der Waals surface area contributed by atoms with E-state index in [0.29, 0.717) is 16.1 Å². The zero-order valence-electron chi connectivity index (χ0n) is 17.9. The van der Waals surface area contributed by atoms with Gasteiger partial charge in [-0.05, 0) is 42.3 Å². The van der Waals surface area contributed by atoms with Crippen LogP contribution < -0.4 is 14.2 Å². The summed E-state index contributed by atoms with van der Waals surface area (Å²) < 4.78 is 82.1. The molecule has 0 saturated heterocycles. The van der Waals surface area contributed by atoms with Crippen molar-refractivity contribution in [3.05, 3.63) is 91.9 Å². The molecule has 0 fully saturated rings. The number of halogens is 7. The zero-order valence-corrected chi connectivity index (χ0v) is 19.4. The van der Waals surface area contributed by atoms with Crippen molar-refractivity contribution in [2.75, 3.05) is 6.61 Å². The van der Waals surface area contributed by atoms with Crippen molar-refractivity contribution >= 4 is 41.0 Å². The molecule has 0 bridgehead atoms. The molecule has 5 nitrogen and oxygen atoms in total. The summed E-state index contributed by atoms with van der Waals surface area (Å²) in [5.74, 6) is -14.7. The quantitative estimate of drug-likeness (QED) is 0.0904. The van der Waals surface area contributed by atoms with Crippen molar-refractivity contribution in [2.45, 2.75) is 6.92 Å². The van der Waals surface area contributed by atoms with Crippen LogP contribution in [0.1, 0.15) is 21.5 Å². The molecule has 0 unspecified atom stereocenters. The Morgan fingerprint density at radius 1 is 0.944 bits per heavy atom. The first kappa shape index (κ1) is 25.5. The number of ether oxygens (including phenoxy) is 3. The number of esters is 1. The first-order valence-corrected chi connectivity index (χ1v) is 10.6. The highest BCUT2D eigenvalue weighted by molar-refractivity contribution is 6.42. The first-order valence-electron chi connectivity index (χ1n) is 9.86. The van der Waals surface area contributed by atoms with Gasteiger partial charge in [-0.15, -0.1) is 0 Å². The van der Waals surface area contributed by atoms with E-state index in [9.17, 15) is 31.5 Å². The van der Waals surface area contributed by atoms with E-state index in [-0.39, 0.29) is 27.8 Å². The fraction of sp³-hybridized carbons (Fsp3) is 0.0833. The van der Waals surface area contributed by atoms with Crippen molar-refractivity contribution in [1.29, 1.82) is 0 Å². The van der Waals surface area contributed by atoms with Gasteiger partial charge < -0.3 is 14.2 Å². The van der Waals surface area contributed by atoms with Gasteiger partial charge in [0.05, 0.1) is 15.6 Å². The Morgan fingerprint density at radius 2 is 1.58 bits per heavy atom. The second-order valence-corrected chi connectivity index (χ2v) is 8.20. The Morgan fingerprint density at radius 3 is 2.22 bits per heavy atom. The fourth-order valence-corrected chi connectivity index (χ4v) is 3.60. The van der Waals surface area contributed by atoms with Crippen molar-refractivity contribution in [2.24, 2.45) is 0 Å². The molecule has 1 aliphatic rings. The number of carbonyl (C=O) groups excluding carboxylic acids is 2. The summed E-state index contributed by atoms with van der Waals surface area (Å²) in [5, 5.41) is 0.597. The van der Waals surface area contributed by atoms with E-state index in [2.05, 4.69) is 4.74 Å². The van der Waals surface area contributed by atoms with Gasteiger partial charge >= 0.3 is 5.97 Å². The van der Waals surface area contributed by atoms with Crippen molar-refractivity contribution in [3.63, 3.8) is 0 Å². The maximum absolute atomic E-state index is 13.7. The molecule has 0 atom stereocenters. The number of hydrogen-bond acceptors (Lipinski definition) is 5. The summed E-state index contributed by atoms with van der Waals surface area (Å²) in [6.45, 7) is 0.363. The maximum atomic E-state index is 13.7. The Balaban J connectivity index is 1.50. The molecule has 0 aliphatic carbocycles. The predicted octanol–water partition coefficient (Wildman–Crippen LogP) is 6.60. The van der Waals surface area contributed by atoms with Gasteiger partial charge in [0.1, 0.15) is 11.5 Å². The molecule has 0 spiro atoms. The highest BCUT2D eigenvalue weighted by Gasteiger charge is 2.31. The molecule has 3 aromatic carbocycles. The average molecular weight is 545 g/mol. The molecule has 1 heterocycles. The summed E-state index contributed by atoms with van der Waals surface area (Å²) in [6.07, 6.45) is 1.44. The van der Waals surface area contributed by atoms with Crippen LogP contribution in [-0.2, 0) is 4.79 Å². The highest BCUT2D eigenvalue weighted by atomic mass is 35.5. The van der Waals surface area contributed by atoms with E-state index in [1.807, 2.05) is 0 Å². The Hall–Kier alpha value is -3.63. The second-order valence-electron chi connectivity index (χ2n) is 7.39. The molecule has 0 radical (unpaired) electrons. The molecule has 0 N–H and O–H groups in total. The smallest absolute Gasteiger partial charge is 0.349 e. The third kappa shape index (κ3) is 4.74. The van der Waals surface area contributed by atoms with Crippen molar-refractivity contribution in [1.82, 2.24) is 0 Å². The van der Waals surface area contributed by atoms with Crippen LogP contribution in [0.5, 0.6) is 17.2 Å². The molecule has 0 aromatic heterocycles. The van der Waals surface area contributed by atoms with Crippen LogP contribution in [0.15, 0.2) is 36.1 Å². The van der Waals surface area contributed by atoms with Crippen LogP contribution in [0.3, 0.4) is 0 Å². The minimum Gasteiger partial charge on any atom is -0.476 e. The van der Waals surface area contributed by atoms with E-state index in [0.717, 1.165) is 0 Å². The SMILES string of the molecule is Cc1cc(OC(=O)COc2c(F)c(F)c(F)c(F)c2F)cc2c1C(=O)/C(=C/c1ccc(Cl)c(Cl)c1)O2. The lowest BCUT2D eigenvalue weighted by Gasteiger charge is -2.11. The van der Waals surface area contributed by atoms with Crippen LogP contribution in [-0.4, -0.2) is 18.4 Å². The first-order chi connectivity index (χ1) is 17.0. The topological polar surface area (TPSA) is 61.8 Å². The molecule has 0 amide bonds. The Labute approximate surface area is 209 Å². The van der Waals surface area contributed by atoms with Gasteiger partial charge in [-0.2, -0.15) is 8.78 Å². The van der Waals surface area contributed by atoms with Gasteiger partial charge in [0.2, 0.25) is 34.9 Å². The molecule has 1 aliphatic heterocycles. The molecule has 12 heteroatoms. The molecular weight excluding hydrogens is 534 g/mol. The van der Waals surface area contributed by atoms with Crippen LogP contribution >= 0.6 is 23.2 Å². The van der Waals surface area contributed by atoms with Gasteiger partial charge in [-0.1, -0.05) is 29.3 Å². The molecule has 186 valence electrons. The Bertz CT molecular complexity index is 1440. The van der Waals surface area contributed by atoms with Crippen molar-refractivity contribution < 1.29 is 45.8 Å². The van der Waals surface area contributed by atoms with Gasteiger partial charge in [-0.3, -0.25) is 4.79 Å². The molecule has 4 rings (SSSR count). The number of carbonyl (C=O) groups is 2. The minimum atomic E-state index is -2.37. The number of aryl methyl sites for hydroxylation is 1. The summed E-state index contributed by atoms with van der Waals surface area (Å²) in [6, 6.07) is 7.22. The lowest BCUT2D eigenvalue weighted by molar-refractivity contribution is -0.136. The summed E-state index contributed by atoms with van der Waals surface area (Å²) in [7, 11) is 0. The van der Waals surface area contributed by atoms with Gasteiger partial charge in [0.25, 0.3) is 0 Å². The van der Waals surface area contributed by atoms with Crippen LogP contribution in [0.25, 0.3) is 6.08 Å². The van der Waals surface area contributed by atoms with Crippen LogP contribution in [0.2, 0.25) is 10.0 Å². The maximum Gasteiger partial charge on any atom is 0.349 e.